The Bertz CT molecular complexity index is 197. The van der Waals surface area contributed by atoms with E-state index in [0.717, 1.165) is 11.4 Å². The van der Waals surface area contributed by atoms with E-state index in [1.807, 2.05) is 6.07 Å². The lowest BCUT2D eigenvalue weighted by molar-refractivity contribution is 0.136. The molecule has 1 heterocycles. The fourth-order valence-corrected chi connectivity index (χ4v) is 1.04. The minimum Gasteiger partial charge on any atom is -0.310 e. The first kappa shape index (κ1) is 7.82. The lowest BCUT2D eigenvalue weighted by atomic mass is 10.3. The first-order valence-corrected chi connectivity index (χ1v) is 3.44. The topological polar surface area (TPSA) is 73.4 Å². The van der Waals surface area contributed by atoms with E-state index in [4.69, 9.17) is 11.1 Å². The quantitative estimate of drug-likeness (QED) is 0.314. The molecule has 0 aromatic carbocycles. The molecule has 0 bridgehead atoms. The number of carbonyl (C=O) groups is 1. The monoisotopic (exact) mass is 154 g/mol. The molecule has 0 aromatic rings. The van der Waals surface area contributed by atoms with Gasteiger partial charge in [-0.1, -0.05) is 0 Å². The van der Waals surface area contributed by atoms with Crippen LogP contribution in [-0.4, -0.2) is 35.6 Å². The van der Waals surface area contributed by atoms with Crippen molar-refractivity contribution in [1.82, 2.24) is 9.91 Å². The number of hydrazine groups is 1. The van der Waals surface area contributed by atoms with Gasteiger partial charge in [-0.15, -0.1) is 0 Å². The van der Waals surface area contributed by atoms with Gasteiger partial charge in [-0.25, -0.2) is 10.6 Å². The van der Waals surface area contributed by atoms with E-state index in [1.54, 1.807) is 0 Å². The molecule has 1 aliphatic heterocycles. The Balaban J connectivity index is 2.53. The second-order valence-corrected chi connectivity index (χ2v) is 2.41. The summed E-state index contributed by atoms with van der Waals surface area (Å²) in [4.78, 5) is 12.5. The third-order valence-corrected chi connectivity index (χ3v) is 1.60. The van der Waals surface area contributed by atoms with Crippen molar-refractivity contribution in [1.29, 1.82) is 5.26 Å². The molecule has 60 valence electrons. The van der Waals surface area contributed by atoms with Crippen molar-refractivity contribution in [3.63, 3.8) is 0 Å². The van der Waals surface area contributed by atoms with E-state index in [2.05, 4.69) is 0 Å². The fourth-order valence-electron chi connectivity index (χ4n) is 1.04. The number of nitrogens with zero attached hydrogens (tertiary/aromatic N) is 3. The zero-order chi connectivity index (χ0) is 8.27. The largest absolute Gasteiger partial charge is 0.334 e. The van der Waals surface area contributed by atoms with Gasteiger partial charge in [0, 0.05) is 13.1 Å². The number of amides is 2. The highest BCUT2D eigenvalue weighted by Crippen LogP contribution is 2.03. The van der Waals surface area contributed by atoms with Crippen LogP contribution in [0.3, 0.4) is 0 Å². The first-order chi connectivity index (χ1) is 5.25. The molecule has 1 rings (SSSR count). The molecule has 0 spiro atoms. The Morgan fingerprint density at radius 3 is 3.00 bits per heavy atom. The van der Waals surface area contributed by atoms with E-state index < -0.39 is 0 Å². The van der Waals surface area contributed by atoms with Crippen LogP contribution in [0, 0.1) is 11.3 Å². The Hall–Kier alpha value is -1.28. The van der Waals surface area contributed by atoms with Crippen LogP contribution in [0.5, 0.6) is 0 Å². The van der Waals surface area contributed by atoms with Crippen LogP contribution in [0.4, 0.5) is 4.79 Å². The zero-order valence-electron chi connectivity index (χ0n) is 6.16. The highest BCUT2D eigenvalue weighted by Gasteiger charge is 2.22. The Kier molecular flexibility index (Phi) is 2.28. The normalized spacial score (nSPS) is 18.4. The number of nitrogens with two attached hydrogens (primary N) is 1. The summed E-state index contributed by atoms with van der Waals surface area (Å²) in [6.07, 6.45) is 0.837. The van der Waals surface area contributed by atoms with Crippen molar-refractivity contribution >= 4 is 6.03 Å². The molecule has 11 heavy (non-hydrogen) atoms. The number of urea groups is 1. The van der Waals surface area contributed by atoms with Gasteiger partial charge in [0.25, 0.3) is 0 Å². The van der Waals surface area contributed by atoms with Crippen LogP contribution < -0.4 is 5.84 Å². The highest BCUT2D eigenvalue weighted by molar-refractivity contribution is 5.74. The third-order valence-electron chi connectivity index (χ3n) is 1.60. The SMILES string of the molecule is N#CCN1CCCN(N)C1=O. The Labute approximate surface area is 64.9 Å². The van der Waals surface area contributed by atoms with Gasteiger partial charge in [0.05, 0.1) is 6.07 Å². The molecule has 0 radical (unpaired) electrons. The predicted octanol–water partition coefficient (Wildman–Crippen LogP) is -0.489. The second kappa shape index (κ2) is 3.21. The van der Waals surface area contributed by atoms with Crippen LogP contribution in [-0.2, 0) is 0 Å². The molecule has 5 nitrogen and oxygen atoms in total. The Morgan fingerprint density at radius 2 is 2.36 bits per heavy atom. The number of hydrogen-bond acceptors (Lipinski definition) is 3. The van der Waals surface area contributed by atoms with Crippen molar-refractivity contribution in [3.05, 3.63) is 0 Å². The maximum Gasteiger partial charge on any atom is 0.334 e. The van der Waals surface area contributed by atoms with Gasteiger partial charge in [0.15, 0.2) is 0 Å². The minimum atomic E-state index is -0.252. The molecule has 1 fully saturated rings. The lowest BCUT2D eigenvalue weighted by Crippen LogP contribution is -2.52. The molecule has 0 atom stereocenters. The van der Waals surface area contributed by atoms with Gasteiger partial charge < -0.3 is 4.90 Å². The summed E-state index contributed by atoms with van der Waals surface area (Å²) in [5.74, 6) is 5.33. The van der Waals surface area contributed by atoms with Crippen molar-refractivity contribution < 1.29 is 4.79 Å². The van der Waals surface area contributed by atoms with E-state index in [-0.39, 0.29) is 12.6 Å². The van der Waals surface area contributed by atoms with E-state index in [1.165, 1.54) is 4.90 Å². The Morgan fingerprint density at radius 1 is 1.64 bits per heavy atom. The molecule has 1 aliphatic rings. The molecule has 1 saturated heterocycles. The molecule has 2 N–H and O–H groups in total. The standard InChI is InChI=1S/C6H10N4O/c7-2-5-9-3-1-4-10(8)6(9)11/h1,3-5,8H2. The van der Waals surface area contributed by atoms with Gasteiger partial charge >= 0.3 is 6.03 Å². The lowest BCUT2D eigenvalue weighted by Gasteiger charge is -2.30. The summed E-state index contributed by atoms with van der Waals surface area (Å²) in [5, 5.41) is 9.46. The smallest absolute Gasteiger partial charge is 0.310 e. The minimum absolute atomic E-state index is 0.131. The van der Waals surface area contributed by atoms with Crippen molar-refractivity contribution in [2.75, 3.05) is 19.6 Å². The maximum atomic E-state index is 11.1. The molecule has 2 amide bonds. The van der Waals surface area contributed by atoms with Gasteiger partial charge in [-0.2, -0.15) is 5.26 Å². The predicted molar refractivity (Wildman–Crippen MR) is 38.1 cm³/mol. The van der Waals surface area contributed by atoms with Crippen LogP contribution in [0.1, 0.15) is 6.42 Å². The van der Waals surface area contributed by atoms with Gasteiger partial charge in [0.1, 0.15) is 6.54 Å². The maximum absolute atomic E-state index is 11.1. The van der Waals surface area contributed by atoms with Gasteiger partial charge in [0.2, 0.25) is 0 Å². The van der Waals surface area contributed by atoms with Crippen molar-refractivity contribution in [2.24, 2.45) is 5.84 Å². The number of carbonyl (C=O) groups excluding carboxylic acids is 1. The van der Waals surface area contributed by atoms with Crippen molar-refractivity contribution in [2.45, 2.75) is 6.42 Å². The fraction of sp³-hybridized carbons (Fsp3) is 0.667. The molecule has 5 heteroatoms. The summed E-state index contributed by atoms with van der Waals surface area (Å²) in [6, 6.07) is 1.66. The molecular weight excluding hydrogens is 144 g/mol. The van der Waals surface area contributed by atoms with Crippen LogP contribution in [0.25, 0.3) is 0 Å². The molecule has 0 aliphatic carbocycles. The number of rotatable bonds is 1. The summed E-state index contributed by atoms with van der Waals surface area (Å²) in [6.45, 7) is 1.35. The van der Waals surface area contributed by atoms with Gasteiger partial charge in [-0.3, -0.25) is 5.01 Å². The summed E-state index contributed by atoms with van der Waals surface area (Å²) < 4.78 is 0. The van der Waals surface area contributed by atoms with Crippen LogP contribution in [0.15, 0.2) is 0 Å². The molecule has 0 aromatic heterocycles. The molecule has 0 saturated carbocycles. The summed E-state index contributed by atoms with van der Waals surface area (Å²) >= 11 is 0. The van der Waals surface area contributed by atoms with E-state index >= 15 is 0 Å². The van der Waals surface area contributed by atoms with Crippen molar-refractivity contribution in [3.8, 4) is 6.07 Å². The average Bonchev–Trinajstić information content (AvgIpc) is 1.99. The van der Waals surface area contributed by atoms with E-state index in [9.17, 15) is 4.79 Å². The summed E-state index contributed by atoms with van der Waals surface area (Å²) in [5.41, 5.74) is 0. The summed E-state index contributed by atoms with van der Waals surface area (Å²) in [7, 11) is 0. The first-order valence-electron chi connectivity index (χ1n) is 3.44. The molecular formula is C6H10N4O. The number of hydrogen-bond donors (Lipinski definition) is 1. The zero-order valence-corrected chi connectivity index (χ0v) is 6.16. The second-order valence-electron chi connectivity index (χ2n) is 2.41. The third kappa shape index (κ3) is 1.59. The van der Waals surface area contributed by atoms with Crippen LogP contribution in [0.2, 0.25) is 0 Å². The van der Waals surface area contributed by atoms with Crippen LogP contribution >= 0.6 is 0 Å². The number of nitriles is 1. The molecule has 0 unspecified atom stereocenters. The highest BCUT2D eigenvalue weighted by atomic mass is 16.2. The van der Waals surface area contributed by atoms with Gasteiger partial charge in [-0.05, 0) is 6.42 Å². The average molecular weight is 154 g/mol. The van der Waals surface area contributed by atoms with E-state index in [0.29, 0.717) is 13.1 Å².